The van der Waals surface area contributed by atoms with Crippen molar-refractivity contribution in [3.63, 3.8) is 0 Å². The molecule has 0 radical (unpaired) electrons. The molecule has 1 heterocycles. The van der Waals surface area contributed by atoms with Crippen LogP contribution in [-0.2, 0) is 18.3 Å². The maximum Gasteiger partial charge on any atom is 0.318 e. The Kier molecular flexibility index (Phi) is 7.28. The Hall–Kier alpha value is -2.05. The van der Waals surface area contributed by atoms with Crippen LogP contribution in [0, 0.1) is 0 Å². The first-order valence-corrected chi connectivity index (χ1v) is 8.70. The van der Waals surface area contributed by atoms with Crippen LogP contribution in [0.15, 0.2) is 36.5 Å². The fraction of sp³-hybridized carbons (Fsp3) is 0.444. The maximum atomic E-state index is 12.8. The molecular formula is C18H25ClN4O2. The van der Waals surface area contributed by atoms with E-state index in [-0.39, 0.29) is 12.1 Å². The minimum Gasteiger partial charge on any atom is -0.383 e. The summed E-state index contributed by atoms with van der Waals surface area (Å²) in [4.78, 5) is 14.5. The van der Waals surface area contributed by atoms with Crippen LogP contribution < -0.4 is 5.32 Å². The molecule has 0 aliphatic heterocycles. The Balaban J connectivity index is 2.12. The first kappa shape index (κ1) is 19.3. The third kappa shape index (κ3) is 5.21. The van der Waals surface area contributed by atoms with Gasteiger partial charge >= 0.3 is 6.03 Å². The monoisotopic (exact) mass is 364 g/mol. The number of nitrogens with one attached hydrogen (secondary N) is 1. The van der Waals surface area contributed by atoms with Crippen LogP contribution in [0.4, 0.5) is 4.79 Å². The zero-order chi connectivity index (χ0) is 18.2. The highest BCUT2D eigenvalue weighted by Gasteiger charge is 2.20. The minimum absolute atomic E-state index is 0.101. The van der Waals surface area contributed by atoms with Crippen LogP contribution in [-0.4, -0.2) is 41.0 Å². The van der Waals surface area contributed by atoms with Crippen molar-refractivity contribution in [3.8, 4) is 0 Å². The van der Waals surface area contributed by atoms with E-state index in [9.17, 15) is 4.79 Å². The van der Waals surface area contributed by atoms with Crippen LogP contribution in [0.2, 0.25) is 5.02 Å². The zero-order valence-corrected chi connectivity index (χ0v) is 15.7. The van der Waals surface area contributed by atoms with Crippen molar-refractivity contribution in [2.24, 2.45) is 7.05 Å². The van der Waals surface area contributed by atoms with Gasteiger partial charge in [-0.2, -0.15) is 5.10 Å². The van der Waals surface area contributed by atoms with Gasteiger partial charge in [0.2, 0.25) is 0 Å². The molecule has 6 nitrogen and oxygen atoms in total. The van der Waals surface area contributed by atoms with Gasteiger partial charge in [0.1, 0.15) is 0 Å². The summed E-state index contributed by atoms with van der Waals surface area (Å²) in [6, 6.07) is 9.21. The first-order valence-electron chi connectivity index (χ1n) is 8.32. The number of hydrogen-bond acceptors (Lipinski definition) is 3. The normalized spacial score (nSPS) is 12.0. The second kappa shape index (κ2) is 9.44. The van der Waals surface area contributed by atoms with Gasteiger partial charge in [-0.3, -0.25) is 4.68 Å². The molecule has 0 unspecified atom stereocenters. The Labute approximate surface area is 153 Å². The van der Waals surface area contributed by atoms with Crippen LogP contribution in [0.5, 0.6) is 0 Å². The minimum atomic E-state index is -0.148. The van der Waals surface area contributed by atoms with E-state index in [1.807, 2.05) is 44.3 Å². The first-order chi connectivity index (χ1) is 12.1. The number of hydrogen-bond donors (Lipinski definition) is 1. The molecular weight excluding hydrogens is 340 g/mol. The molecule has 0 saturated carbocycles. The lowest BCUT2D eigenvalue weighted by molar-refractivity contribution is 0.144. The molecule has 25 heavy (non-hydrogen) atoms. The number of methoxy groups -OCH3 is 1. The molecule has 0 bridgehead atoms. The fourth-order valence-corrected chi connectivity index (χ4v) is 2.83. The molecule has 2 rings (SSSR count). The number of rotatable bonds is 8. The summed E-state index contributed by atoms with van der Waals surface area (Å²) >= 11 is 6.24. The molecule has 1 aromatic carbocycles. The van der Waals surface area contributed by atoms with Crippen molar-refractivity contribution in [2.45, 2.75) is 25.9 Å². The maximum absolute atomic E-state index is 12.8. The third-order valence-electron chi connectivity index (χ3n) is 4.09. The van der Waals surface area contributed by atoms with Crippen molar-refractivity contribution < 1.29 is 9.53 Å². The van der Waals surface area contributed by atoms with Crippen molar-refractivity contribution in [3.05, 3.63) is 52.8 Å². The summed E-state index contributed by atoms with van der Waals surface area (Å²) in [5.74, 6) is 0. The molecule has 2 amide bonds. The van der Waals surface area contributed by atoms with Crippen molar-refractivity contribution >= 4 is 17.6 Å². The van der Waals surface area contributed by atoms with Crippen LogP contribution in [0.25, 0.3) is 0 Å². The highest BCUT2D eigenvalue weighted by molar-refractivity contribution is 6.31. The average molecular weight is 365 g/mol. The Morgan fingerprint density at radius 3 is 2.76 bits per heavy atom. The van der Waals surface area contributed by atoms with E-state index in [0.717, 1.165) is 17.7 Å². The average Bonchev–Trinajstić information content (AvgIpc) is 3.03. The highest BCUT2D eigenvalue weighted by atomic mass is 35.5. The van der Waals surface area contributed by atoms with Crippen LogP contribution in [0.3, 0.4) is 0 Å². The van der Waals surface area contributed by atoms with Gasteiger partial charge in [0.05, 0.1) is 18.3 Å². The Bertz CT molecular complexity index is 689. The van der Waals surface area contributed by atoms with Gasteiger partial charge in [0, 0.05) is 38.5 Å². The smallest absolute Gasteiger partial charge is 0.318 e. The quantitative estimate of drug-likeness (QED) is 0.781. The second-order valence-electron chi connectivity index (χ2n) is 5.80. The van der Waals surface area contributed by atoms with Gasteiger partial charge in [-0.1, -0.05) is 36.7 Å². The number of aromatic nitrogens is 2. The molecule has 7 heteroatoms. The lowest BCUT2D eigenvalue weighted by Crippen LogP contribution is -2.43. The number of carbonyl (C=O) groups is 1. The van der Waals surface area contributed by atoms with Crippen molar-refractivity contribution in [1.29, 1.82) is 0 Å². The summed E-state index contributed by atoms with van der Waals surface area (Å²) in [5.41, 5.74) is 1.88. The van der Waals surface area contributed by atoms with E-state index in [0.29, 0.717) is 24.7 Å². The van der Waals surface area contributed by atoms with Gasteiger partial charge in [-0.15, -0.1) is 0 Å². The largest absolute Gasteiger partial charge is 0.383 e. The van der Waals surface area contributed by atoms with Gasteiger partial charge in [0.25, 0.3) is 0 Å². The summed E-state index contributed by atoms with van der Waals surface area (Å²) in [6.45, 7) is 3.40. The van der Waals surface area contributed by atoms with E-state index in [4.69, 9.17) is 16.3 Å². The standard InChI is InChI=1S/C18H25ClN4O2/c1-4-16(17-9-10-20-22(17)2)21-18(24)23(11-12-25-3)13-14-7-5-6-8-15(14)19/h5-10,16H,4,11-13H2,1-3H3,(H,21,24)/t16-/m0/s1. The molecule has 0 saturated heterocycles. The van der Waals surface area contributed by atoms with Crippen molar-refractivity contribution in [1.82, 2.24) is 20.0 Å². The molecule has 0 aliphatic carbocycles. The van der Waals surface area contributed by atoms with E-state index in [1.54, 1.807) is 22.9 Å². The van der Waals surface area contributed by atoms with E-state index >= 15 is 0 Å². The molecule has 136 valence electrons. The highest BCUT2D eigenvalue weighted by Crippen LogP contribution is 2.19. The number of aryl methyl sites for hydroxylation is 1. The molecule has 0 aliphatic rings. The summed E-state index contributed by atoms with van der Waals surface area (Å²) < 4.78 is 6.92. The van der Waals surface area contributed by atoms with Crippen LogP contribution in [0.1, 0.15) is 30.6 Å². The van der Waals surface area contributed by atoms with E-state index < -0.39 is 0 Å². The van der Waals surface area contributed by atoms with Gasteiger partial charge < -0.3 is 15.0 Å². The molecule has 2 aromatic rings. The van der Waals surface area contributed by atoms with E-state index in [2.05, 4.69) is 10.4 Å². The van der Waals surface area contributed by atoms with E-state index in [1.165, 1.54) is 0 Å². The number of halogens is 1. The predicted molar refractivity (Wildman–Crippen MR) is 98.5 cm³/mol. The molecule has 1 atom stereocenters. The number of ether oxygens (including phenoxy) is 1. The SMILES string of the molecule is CC[C@H](NC(=O)N(CCOC)Cc1ccccc1Cl)c1ccnn1C. The summed E-state index contributed by atoms with van der Waals surface area (Å²) in [5, 5.41) is 7.92. The fourth-order valence-electron chi connectivity index (χ4n) is 2.64. The summed E-state index contributed by atoms with van der Waals surface area (Å²) in [6.07, 6.45) is 2.51. The molecule has 1 aromatic heterocycles. The lowest BCUT2D eigenvalue weighted by Gasteiger charge is -2.26. The number of urea groups is 1. The van der Waals surface area contributed by atoms with Crippen molar-refractivity contribution in [2.75, 3.05) is 20.3 Å². The molecule has 0 fully saturated rings. The second-order valence-corrected chi connectivity index (χ2v) is 6.20. The Morgan fingerprint density at radius 1 is 1.40 bits per heavy atom. The number of amides is 2. The van der Waals surface area contributed by atoms with Gasteiger partial charge in [-0.25, -0.2) is 4.79 Å². The molecule has 1 N–H and O–H groups in total. The van der Waals surface area contributed by atoms with Gasteiger partial charge in [0.15, 0.2) is 0 Å². The number of benzene rings is 1. The summed E-state index contributed by atoms with van der Waals surface area (Å²) in [7, 11) is 3.49. The van der Waals surface area contributed by atoms with Crippen LogP contribution >= 0.6 is 11.6 Å². The van der Waals surface area contributed by atoms with Gasteiger partial charge in [-0.05, 0) is 24.1 Å². The third-order valence-corrected chi connectivity index (χ3v) is 4.46. The zero-order valence-electron chi connectivity index (χ0n) is 14.9. The lowest BCUT2D eigenvalue weighted by atomic mass is 10.1. The Morgan fingerprint density at radius 2 is 2.16 bits per heavy atom. The number of carbonyl (C=O) groups excluding carboxylic acids is 1. The number of nitrogens with zero attached hydrogens (tertiary/aromatic N) is 3. The topological polar surface area (TPSA) is 59.4 Å². The predicted octanol–water partition coefficient (Wildman–Crippen LogP) is 3.38. The molecule has 0 spiro atoms.